The van der Waals surface area contributed by atoms with Crippen LogP contribution in [0.15, 0.2) is 59.1 Å². The highest BCUT2D eigenvalue weighted by atomic mass is 19.1. The van der Waals surface area contributed by atoms with E-state index in [1.807, 2.05) is 24.3 Å². The summed E-state index contributed by atoms with van der Waals surface area (Å²) in [6, 6.07) is 11.9. The number of esters is 2. The van der Waals surface area contributed by atoms with Crippen LogP contribution in [0.25, 0.3) is 11.0 Å². The van der Waals surface area contributed by atoms with Crippen molar-refractivity contribution in [3.05, 3.63) is 77.3 Å². The molecule has 0 bridgehead atoms. The van der Waals surface area contributed by atoms with E-state index in [4.69, 9.17) is 14.0 Å². The fourth-order valence-corrected chi connectivity index (χ4v) is 5.20. The van der Waals surface area contributed by atoms with Gasteiger partial charge in [0.2, 0.25) is 0 Å². The third-order valence-electron chi connectivity index (χ3n) is 6.99. The third-order valence-corrected chi connectivity index (χ3v) is 6.99. The highest BCUT2D eigenvalue weighted by molar-refractivity contribution is 5.98. The second-order valence-corrected chi connectivity index (χ2v) is 9.16. The Bertz CT molecular complexity index is 1360. The first-order chi connectivity index (χ1) is 17.4. The Morgan fingerprint density at radius 3 is 2.25 bits per heavy atom. The highest BCUT2D eigenvalue weighted by Crippen LogP contribution is 2.37. The lowest BCUT2D eigenvalue weighted by Gasteiger charge is -2.43. The van der Waals surface area contributed by atoms with Crippen LogP contribution < -0.4 is 0 Å². The van der Waals surface area contributed by atoms with Gasteiger partial charge in [-0.1, -0.05) is 29.4 Å². The molecule has 184 valence electrons. The molecule has 3 aliphatic heterocycles. The number of carbonyl (C=O) groups excluding carboxylic acids is 3. The molecule has 9 nitrogen and oxygen atoms in total. The van der Waals surface area contributed by atoms with Gasteiger partial charge in [0.05, 0.1) is 5.69 Å². The lowest BCUT2D eigenvalue weighted by molar-refractivity contribution is -0.277. The molecule has 3 aromatic rings. The van der Waals surface area contributed by atoms with Gasteiger partial charge < -0.3 is 18.9 Å². The Kier molecular flexibility index (Phi) is 5.33. The van der Waals surface area contributed by atoms with Gasteiger partial charge in [-0.3, -0.25) is 4.79 Å². The number of hydrogen-bond acceptors (Lipinski definition) is 8. The van der Waals surface area contributed by atoms with Gasteiger partial charge in [0.15, 0.2) is 5.58 Å². The van der Waals surface area contributed by atoms with Crippen molar-refractivity contribution in [2.75, 3.05) is 13.1 Å². The Hall–Kier alpha value is -4.05. The fourth-order valence-electron chi connectivity index (χ4n) is 5.20. The topological polar surface area (TPSA) is 102 Å². The van der Waals surface area contributed by atoms with Crippen molar-refractivity contribution in [3.63, 3.8) is 0 Å². The summed E-state index contributed by atoms with van der Waals surface area (Å²) >= 11 is 0. The predicted octanol–water partition coefficient (Wildman–Crippen LogP) is 3.00. The van der Waals surface area contributed by atoms with E-state index in [1.165, 1.54) is 17.0 Å². The smallest absolute Gasteiger partial charge is 0.397 e. The van der Waals surface area contributed by atoms with E-state index in [1.54, 1.807) is 11.0 Å². The van der Waals surface area contributed by atoms with E-state index in [2.05, 4.69) is 5.16 Å². The summed E-state index contributed by atoms with van der Waals surface area (Å²) in [5.74, 6) is -4.93. The van der Waals surface area contributed by atoms with Crippen LogP contribution in [0.3, 0.4) is 0 Å². The van der Waals surface area contributed by atoms with Crippen LogP contribution in [-0.2, 0) is 36.9 Å². The number of fused-ring (bicyclic) bond motifs is 2. The molecule has 4 heterocycles. The lowest BCUT2D eigenvalue weighted by atomic mass is 9.91. The molecule has 0 N–H and O–H groups in total. The Balaban J connectivity index is 1.27. The highest BCUT2D eigenvalue weighted by Gasteiger charge is 2.56. The average Bonchev–Trinajstić information content (AvgIpc) is 3.46. The summed E-state index contributed by atoms with van der Waals surface area (Å²) < 4.78 is 30.0. The van der Waals surface area contributed by atoms with E-state index in [0.717, 1.165) is 28.7 Å². The molecule has 36 heavy (non-hydrogen) atoms. The number of piperidine rings is 1. The second-order valence-electron chi connectivity index (χ2n) is 9.16. The zero-order valence-corrected chi connectivity index (χ0v) is 19.2. The molecular formula is C26H22FN3O6. The maximum atomic E-state index is 13.9. The summed E-state index contributed by atoms with van der Waals surface area (Å²) in [6.45, 7) is 1.20. The van der Waals surface area contributed by atoms with Crippen LogP contribution in [0.4, 0.5) is 4.39 Å². The summed E-state index contributed by atoms with van der Waals surface area (Å²) in [5.41, 5.74) is 3.04. The van der Waals surface area contributed by atoms with Gasteiger partial charge in [0.1, 0.15) is 5.82 Å². The molecule has 0 radical (unpaired) electrons. The van der Waals surface area contributed by atoms with Crippen molar-refractivity contribution >= 4 is 28.8 Å². The summed E-state index contributed by atoms with van der Waals surface area (Å²) in [6.07, 6.45) is 2.97. The fraction of sp³-hybridized carbons (Fsp3) is 0.308. The number of likely N-dealkylation sites (tertiary alicyclic amines) is 1. The number of amides is 1. The summed E-state index contributed by atoms with van der Waals surface area (Å²) in [7, 11) is 0. The minimum Gasteiger partial charge on any atom is -0.397 e. The first-order valence-corrected chi connectivity index (χ1v) is 11.7. The largest absolute Gasteiger partial charge is 0.405 e. The normalized spacial score (nSPS) is 20.2. The van der Waals surface area contributed by atoms with E-state index in [9.17, 15) is 18.8 Å². The molecule has 2 aromatic carbocycles. The standard InChI is InChI=1S/C26H22FN3O6/c27-19-5-6-20-21(13-19)36-28-24(20)16-9-11-30(12-10-16)26(34-22(31)7-8-23(32)35-26)25(33)29-14-17-3-1-2-4-18(17)15-29/h1-8,13,16H,9-12,14-15H2. The molecule has 0 aliphatic carbocycles. The quantitative estimate of drug-likeness (QED) is 0.516. The molecule has 0 atom stereocenters. The van der Waals surface area contributed by atoms with Gasteiger partial charge in [-0.2, -0.15) is 0 Å². The molecule has 1 amide bonds. The van der Waals surface area contributed by atoms with Crippen molar-refractivity contribution < 1.29 is 32.8 Å². The number of aromatic nitrogens is 1. The van der Waals surface area contributed by atoms with E-state index in [0.29, 0.717) is 37.2 Å². The monoisotopic (exact) mass is 491 g/mol. The number of cyclic esters (lactones) is 2. The average molecular weight is 491 g/mol. The summed E-state index contributed by atoms with van der Waals surface area (Å²) in [4.78, 5) is 41.9. The number of nitrogens with zero attached hydrogens (tertiary/aromatic N) is 3. The molecule has 1 fully saturated rings. The van der Waals surface area contributed by atoms with Crippen molar-refractivity contribution in [2.45, 2.75) is 37.8 Å². The number of carbonyl (C=O) groups is 3. The molecule has 6 rings (SSSR count). The Labute approximate surface area is 205 Å². The van der Waals surface area contributed by atoms with E-state index >= 15 is 0 Å². The van der Waals surface area contributed by atoms with E-state index < -0.39 is 29.6 Å². The van der Waals surface area contributed by atoms with E-state index in [-0.39, 0.29) is 19.0 Å². The minimum absolute atomic E-state index is 0.0357. The zero-order valence-electron chi connectivity index (χ0n) is 19.2. The molecule has 1 saturated heterocycles. The zero-order chi connectivity index (χ0) is 24.9. The maximum Gasteiger partial charge on any atom is 0.405 e. The molecule has 0 unspecified atom stereocenters. The number of benzene rings is 2. The van der Waals surface area contributed by atoms with Gasteiger partial charge in [0, 0.05) is 55.7 Å². The first-order valence-electron chi connectivity index (χ1n) is 11.7. The van der Waals surface area contributed by atoms with Gasteiger partial charge in [0.25, 0.3) is 0 Å². The Morgan fingerprint density at radius 1 is 0.972 bits per heavy atom. The molecular weight excluding hydrogens is 469 g/mol. The van der Waals surface area contributed by atoms with Crippen LogP contribution in [-0.4, -0.2) is 51.8 Å². The van der Waals surface area contributed by atoms with Crippen molar-refractivity contribution in [3.8, 4) is 0 Å². The third kappa shape index (κ3) is 3.74. The van der Waals surface area contributed by atoms with Crippen LogP contribution >= 0.6 is 0 Å². The van der Waals surface area contributed by atoms with Gasteiger partial charge in [-0.15, -0.1) is 0 Å². The minimum atomic E-state index is -2.21. The Morgan fingerprint density at radius 2 is 1.61 bits per heavy atom. The van der Waals surface area contributed by atoms with Crippen LogP contribution in [0.2, 0.25) is 0 Å². The number of hydrogen-bond donors (Lipinski definition) is 0. The van der Waals surface area contributed by atoms with Crippen LogP contribution in [0, 0.1) is 5.82 Å². The van der Waals surface area contributed by atoms with Crippen LogP contribution in [0.1, 0.15) is 35.6 Å². The number of halogens is 1. The van der Waals surface area contributed by atoms with Crippen LogP contribution in [0.5, 0.6) is 0 Å². The maximum absolute atomic E-state index is 13.9. The van der Waals surface area contributed by atoms with Crippen molar-refractivity contribution in [2.24, 2.45) is 0 Å². The number of rotatable bonds is 3. The molecule has 0 spiro atoms. The lowest BCUT2D eigenvalue weighted by Crippen LogP contribution is -2.64. The van der Waals surface area contributed by atoms with Crippen molar-refractivity contribution in [1.82, 2.24) is 15.0 Å². The van der Waals surface area contributed by atoms with Gasteiger partial charge in [-0.25, -0.2) is 18.9 Å². The molecule has 0 saturated carbocycles. The summed E-state index contributed by atoms with van der Waals surface area (Å²) in [5, 5.41) is 4.89. The molecule has 10 heteroatoms. The number of ether oxygens (including phenoxy) is 2. The molecule has 1 aromatic heterocycles. The van der Waals surface area contributed by atoms with Gasteiger partial charge >= 0.3 is 23.8 Å². The second kappa shape index (κ2) is 8.56. The SMILES string of the molecule is O=C1C=CC(=O)OC(C(=O)N2Cc3ccccc3C2)(N2CCC(c3noc4cc(F)ccc34)CC2)O1. The first kappa shape index (κ1) is 22.4. The predicted molar refractivity (Wildman–Crippen MR) is 122 cm³/mol. The van der Waals surface area contributed by atoms with Gasteiger partial charge in [-0.05, 0) is 36.1 Å². The van der Waals surface area contributed by atoms with Crippen molar-refractivity contribution in [1.29, 1.82) is 0 Å². The molecule has 3 aliphatic rings.